The van der Waals surface area contributed by atoms with E-state index in [-0.39, 0.29) is 6.61 Å². The molecule has 0 saturated carbocycles. The molecular weight excluding hydrogens is 334 g/mol. The molecule has 1 heterocycles. The minimum Gasteiger partial charge on any atom is -0.493 e. The number of methoxy groups -OCH3 is 1. The van der Waals surface area contributed by atoms with E-state index in [9.17, 15) is 4.79 Å². The highest BCUT2D eigenvalue weighted by atomic mass is 35.5. The van der Waals surface area contributed by atoms with Crippen molar-refractivity contribution < 1.29 is 19.0 Å². The lowest BCUT2D eigenvalue weighted by atomic mass is 10.2. The van der Waals surface area contributed by atoms with Gasteiger partial charge in [0.1, 0.15) is 0 Å². The molecule has 1 aromatic rings. The van der Waals surface area contributed by atoms with E-state index in [4.69, 9.17) is 31.5 Å². The van der Waals surface area contributed by atoms with Gasteiger partial charge in [0.25, 0.3) is 5.91 Å². The van der Waals surface area contributed by atoms with Gasteiger partial charge in [-0.05, 0) is 17.7 Å². The van der Waals surface area contributed by atoms with E-state index >= 15 is 0 Å². The minimum atomic E-state index is -0.568. The molecule has 0 unspecified atom stereocenters. The fourth-order valence-electron chi connectivity index (χ4n) is 2.45. The van der Waals surface area contributed by atoms with Gasteiger partial charge in [-0.25, -0.2) is 0 Å². The molecule has 1 aliphatic heterocycles. The Morgan fingerprint density at radius 3 is 2.83 bits per heavy atom. The monoisotopic (exact) mass is 357 g/mol. The zero-order chi connectivity index (χ0) is 17.4. The molecule has 1 aromatic carbocycles. The van der Waals surface area contributed by atoms with Crippen molar-refractivity contribution in [3.63, 3.8) is 0 Å². The number of morpholine rings is 1. The van der Waals surface area contributed by atoms with Crippen molar-refractivity contribution in [1.82, 2.24) is 10.2 Å². The first-order chi connectivity index (χ1) is 11.6. The molecule has 0 atom stereocenters. The quantitative estimate of drug-likeness (QED) is 0.631. The molecule has 0 radical (unpaired) electrons. The fraction of sp³-hybridized carbons (Fsp3) is 0.562. The molecule has 1 fully saturated rings. The van der Waals surface area contributed by atoms with Crippen molar-refractivity contribution in [2.75, 3.05) is 53.1 Å². The average Bonchev–Trinajstić information content (AvgIpc) is 2.58. The van der Waals surface area contributed by atoms with Crippen LogP contribution in [-0.4, -0.2) is 63.9 Å². The number of benzene rings is 1. The third-order valence-electron chi connectivity index (χ3n) is 3.69. The number of hydrogen-bond acceptors (Lipinski definition) is 6. The molecule has 1 aliphatic rings. The SMILES string of the molecule is COc1cc(CNCCN2CCOCC2)cc(Cl)c1OCC(N)=O. The lowest BCUT2D eigenvalue weighted by Crippen LogP contribution is -2.40. The zero-order valence-electron chi connectivity index (χ0n) is 13.8. The lowest BCUT2D eigenvalue weighted by Gasteiger charge is -2.26. The predicted molar refractivity (Wildman–Crippen MR) is 91.7 cm³/mol. The van der Waals surface area contributed by atoms with E-state index in [0.29, 0.717) is 23.1 Å². The topological polar surface area (TPSA) is 86.1 Å². The third-order valence-corrected chi connectivity index (χ3v) is 3.97. The Hall–Kier alpha value is -1.54. The van der Waals surface area contributed by atoms with Crippen LogP contribution in [0.2, 0.25) is 5.02 Å². The number of ether oxygens (including phenoxy) is 3. The highest BCUT2D eigenvalue weighted by molar-refractivity contribution is 6.32. The van der Waals surface area contributed by atoms with Crippen LogP contribution in [-0.2, 0) is 16.1 Å². The van der Waals surface area contributed by atoms with Crippen LogP contribution in [0.1, 0.15) is 5.56 Å². The second-order valence-electron chi connectivity index (χ2n) is 5.49. The van der Waals surface area contributed by atoms with Gasteiger partial charge >= 0.3 is 0 Å². The number of amides is 1. The summed E-state index contributed by atoms with van der Waals surface area (Å²) in [5, 5.41) is 3.78. The van der Waals surface area contributed by atoms with Crippen LogP contribution in [0.25, 0.3) is 0 Å². The minimum absolute atomic E-state index is 0.243. The number of nitrogens with one attached hydrogen (secondary N) is 1. The summed E-state index contributed by atoms with van der Waals surface area (Å²) in [5.74, 6) is 0.241. The van der Waals surface area contributed by atoms with E-state index < -0.39 is 5.91 Å². The molecule has 0 spiro atoms. The van der Waals surface area contributed by atoms with Gasteiger partial charge in [0.05, 0.1) is 25.3 Å². The van der Waals surface area contributed by atoms with E-state index in [2.05, 4.69) is 10.2 Å². The van der Waals surface area contributed by atoms with Crippen molar-refractivity contribution in [1.29, 1.82) is 0 Å². The summed E-state index contributed by atoms with van der Waals surface area (Å²) in [4.78, 5) is 13.2. The van der Waals surface area contributed by atoms with Gasteiger partial charge in [0.15, 0.2) is 18.1 Å². The first-order valence-corrected chi connectivity index (χ1v) is 8.26. The number of nitrogens with zero attached hydrogens (tertiary/aromatic N) is 1. The van der Waals surface area contributed by atoms with Gasteiger partial charge in [-0.3, -0.25) is 9.69 Å². The summed E-state index contributed by atoms with van der Waals surface area (Å²) in [6.07, 6.45) is 0. The Kier molecular flexibility index (Phi) is 7.58. The summed E-state index contributed by atoms with van der Waals surface area (Å²) < 4.78 is 15.9. The second-order valence-corrected chi connectivity index (χ2v) is 5.90. The third kappa shape index (κ3) is 5.83. The van der Waals surface area contributed by atoms with Gasteiger partial charge in [-0.15, -0.1) is 0 Å². The van der Waals surface area contributed by atoms with Crippen LogP contribution in [0.4, 0.5) is 0 Å². The molecular formula is C16H24ClN3O4. The van der Waals surface area contributed by atoms with E-state index in [1.165, 1.54) is 7.11 Å². The van der Waals surface area contributed by atoms with Crippen molar-refractivity contribution >= 4 is 17.5 Å². The molecule has 1 amide bonds. The number of hydrogen-bond donors (Lipinski definition) is 2. The molecule has 134 valence electrons. The van der Waals surface area contributed by atoms with Crippen LogP contribution in [0.3, 0.4) is 0 Å². The Bertz CT molecular complexity index is 550. The lowest BCUT2D eigenvalue weighted by molar-refractivity contribution is -0.119. The van der Waals surface area contributed by atoms with Crippen molar-refractivity contribution in [3.05, 3.63) is 22.7 Å². The van der Waals surface area contributed by atoms with Crippen molar-refractivity contribution in [3.8, 4) is 11.5 Å². The zero-order valence-corrected chi connectivity index (χ0v) is 14.6. The molecule has 24 heavy (non-hydrogen) atoms. The maximum absolute atomic E-state index is 10.8. The standard InChI is InChI=1S/C16H24ClN3O4/c1-22-14-9-12(8-13(17)16(14)24-11-15(18)21)10-19-2-3-20-4-6-23-7-5-20/h8-9,19H,2-7,10-11H2,1H3,(H2,18,21). The van der Waals surface area contributed by atoms with E-state index in [1.54, 1.807) is 6.07 Å². The normalized spacial score (nSPS) is 15.2. The Morgan fingerprint density at radius 1 is 1.42 bits per heavy atom. The molecule has 3 N–H and O–H groups in total. The highest BCUT2D eigenvalue weighted by Crippen LogP contribution is 2.36. The van der Waals surface area contributed by atoms with E-state index in [0.717, 1.165) is 45.0 Å². The molecule has 0 bridgehead atoms. The Morgan fingerprint density at radius 2 is 2.17 bits per heavy atom. The smallest absolute Gasteiger partial charge is 0.255 e. The molecule has 7 nitrogen and oxygen atoms in total. The summed E-state index contributed by atoms with van der Waals surface area (Å²) >= 11 is 6.22. The summed E-state index contributed by atoms with van der Waals surface area (Å²) in [7, 11) is 1.53. The van der Waals surface area contributed by atoms with Crippen LogP contribution in [0.5, 0.6) is 11.5 Å². The Labute approximate surface area is 147 Å². The van der Waals surface area contributed by atoms with Crippen molar-refractivity contribution in [2.45, 2.75) is 6.54 Å². The maximum atomic E-state index is 10.8. The molecule has 1 saturated heterocycles. The van der Waals surface area contributed by atoms with E-state index in [1.807, 2.05) is 6.07 Å². The number of halogens is 1. The van der Waals surface area contributed by atoms with Gasteiger partial charge in [0.2, 0.25) is 0 Å². The highest BCUT2D eigenvalue weighted by Gasteiger charge is 2.13. The maximum Gasteiger partial charge on any atom is 0.255 e. The van der Waals surface area contributed by atoms with Gasteiger partial charge in [-0.2, -0.15) is 0 Å². The van der Waals surface area contributed by atoms with Crippen LogP contribution in [0, 0.1) is 0 Å². The first-order valence-electron chi connectivity index (χ1n) is 7.88. The van der Waals surface area contributed by atoms with Gasteiger partial charge in [-0.1, -0.05) is 11.6 Å². The summed E-state index contributed by atoms with van der Waals surface area (Å²) in [6, 6.07) is 3.63. The second kappa shape index (κ2) is 9.68. The summed E-state index contributed by atoms with van der Waals surface area (Å²) in [5.41, 5.74) is 6.06. The predicted octanol–water partition coefficient (Wildman–Crippen LogP) is 0.634. The molecule has 0 aliphatic carbocycles. The molecule has 2 rings (SSSR count). The number of carbonyl (C=O) groups is 1. The largest absolute Gasteiger partial charge is 0.493 e. The number of primary amides is 1. The van der Waals surface area contributed by atoms with Crippen molar-refractivity contribution in [2.24, 2.45) is 5.73 Å². The molecule has 8 heteroatoms. The number of nitrogens with two attached hydrogens (primary N) is 1. The molecule has 0 aromatic heterocycles. The van der Waals surface area contributed by atoms with Crippen LogP contribution < -0.4 is 20.5 Å². The Balaban J connectivity index is 1.85. The number of rotatable bonds is 9. The number of carbonyl (C=O) groups excluding carboxylic acids is 1. The fourth-order valence-corrected chi connectivity index (χ4v) is 2.74. The van der Waals surface area contributed by atoms with Crippen LogP contribution >= 0.6 is 11.6 Å². The van der Waals surface area contributed by atoms with Gasteiger partial charge < -0.3 is 25.3 Å². The summed E-state index contributed by atoms with van der Waals surface area (Å²) in [6.45, 7) is 5.84. The first kappa shape index (κ1) is 18.8. The van der Waals surface area contributed by atoms with Crippen LogP contribution in [0.15, 0.2) is 12.1 Å². The van der Waals surface area contributed by atoms with Gasteiger partial charge in [0, 0.05) is 32.7 Å². The average molecular weight is 358 g/mol.